The topological polar surface area (TPSA) is 12.0 Å². The molecule has 1 aromatic heterocycles. The first-order valence-electron chi connectivity index (χ1n) is 9.87. The molecular formula is C21H33NS. The lowest BCUT2D eigenvalue weighted by molar-refractivity contribution is -0.115. The van der Waals surface area contributed by atoms with Crippen LogP contribution < -0.4 is 5.32 Å². The van der Waals surface area contributed by atoms with Gasteiger partial charge in [0.2, 0.25) is 0 Å². The van der Waals surface area contributed by atoms with E-state index in [1.165, 1.54) is 44.9 Å². The molecule has 1 aromatic rings. The van der Waals surface area contributed by atoms with Gasteiger partial charge in [-0.3, -0.25) is 0 Å². The van der Waals surface area contributed by atoms with Gasteiger partial charge in [-0.05, 0) is 71.8 Å². The van der Waals surface area contributed by atoms with E-state index in [-0.39, 0.29) is 0 Å². The van der Waals surface area contributed by atoms with Gasteiger partial charge in [-0.1, -0.05) is 40.0 Å². The molecular weight excluding hydrogens is 298 g/mol. The van der Waals surface area contributed by atoms with Gasteiger partial charge in [0.15, 0.2) is 0 Å². The molecule has 4 fully saturated rings. The Balaban J connectivity index is 1.38. The van der Waals surface area contributed by atoms with E-state index in [0.717, 1.165) is 36.3 Å². The highest BCUT2D eigenvalue weighted by Gasteiger charge is 2.55. The Morgan fingerprint density at radius 3 is 2.65 bits per heavy atom. The highest BCUT2D eigenvalue weighted by atomic mass is 32.1. The third kappa shape index (κ3) is 2.80. The van der Waals surface area contributed by atoms with Crippen LogP contribution in [0.4, 0.5) is 0 Å². The van der Waals surface area contributed by atoms with Gasteiger partial charge in [-0.15, -0.1) is 11.3 Å². The summed E-state index contributed by atoms with van der Waals surface area (Å²) < 4.78 is 0. The Kier molecular flexibility index (Phi) is 4.34. The predicted molar refractivity (Wildman–Crippen MR) is 99.9 cm³/mol. The van der Waals surface area contributed by atoms with Gasteiger partial charge in [0.05, 0.1) is 0 Å². The van der Waals surface area contributed by atoms with Gasteiger partial charge in [-0.25, -0.2) is 0 Å². The van der Waals surface area contributed by atoms with Crippen molar-refractivity contribution in [3.63, 3.8) is 0 Å². The molecule has 1 N–H and O–H groups in total. The maximum absolute atomic E-state index is 3.96. The number of thiophene rings is 1. The Morgan fingerprint density at radius 2 is 1.96 bits per heavy atom. The van der Waals surface area contributed by atoms with Crippen LogP contribution in [0.2, 0.25) is 0 Å². The van der Waals surface area contributed by atoms with Crippen molar-refractivity contribution in [2.24, 2.45) is 23.2 Å². The van der Waals surface area contributed by atoms with Crippen molar-refractivity contribution in [2.75, 3.05) is 0 Å². The van der Waals surface area contributed by atoms with E-state index in [4.69, 9.17) is 0 Å². The lowest BCUT2D eigenvalue weighted by Gasteiger charge is -2.62. The zero-order valence-corrected chi connectivity index (χ0v) is 15.9. The summed E-state index contributed by atoms with van der Waals surface area (Å²) in [5, 5.41) is 6.29. The fraction of sp³-hybridized carbons (Fsp3) is 0.810. The maximum Gasteiger partial charge on any atom is 0.0305 e. The van der Waals surface area contributed by atoms with E-state index in [0.29, 0.717) is 5.41 Å². The van der Waals surface area contributed by atoms with Crippen LogP contribution in [-0.4, -0.2) is 6.04 Å². The molecule has 128 valence electrons. The summed E-state index contributed by atoms with van der Waals surface area (Å²) in [6.07, 6.45) is 10.0. The lowest BCUT2D eigenvalue weighted by Crippen LogP contribution is -2.59. The summed E-state index contributed by atoms with van der Waals surface area (Å²) in [7, 11) is 0. The van der Waals surface area contributed by atoms with E-state index in [1.54, 1.807) is 10.4 Å². The van der Waals surface area contributed by atoms with E-state index < -0.39 is 0 Å². The minimum atomic E-state index is 0.605. The number of rotatable bonds is 4. The number of hydrogen-bond acceptors (Lipinski definition) is 2. The molecule has 0 saturated heterocycles. The summed E-state index contributed by atoms with van der Waals surface area (Å²) >= 11 is 1.98. The first kappa shape index (κ1) is 16.1. The van der Waals surface area contributed by atoms with Gasteiger partial charge < -0.3 is 5.32 Å². The van der Waals surface area contributed by atoms with Crippen molar-refractivity contribution in [3.05, 3.63) is 21.9 Å². The van der Waals surface area contributed by atoms with E-state index in [2.05, 4.69) is 37.5 Å². The Labute approximate surface area is 146 Å². The van der Waals surface area contributed by atoms with Crippen molar-refractivity contribution < 1.29 is 0 Å². The van der Waals surface area contributed by atoms with Crippen molar-refractivity contribution in [1.82, 2.24) is 5.32 Å². The lowest BCUT2D eigenvalue weighted by atomic mass is 9.45. The molecule has 23 heavy (non-hydrogen) atoms. The Morgan fingerprint density at radius 1 is 1.17 bits per heavy atom. The quantitative estimate of drug-likeness (QED) is 0.718. The summed E-state index contributed by atoms with van der Waals surface area (Å²) in [5.41, 5.74) is 2.28. The summed E-state index contributed by atoms with van der Waals surface area (Å²) in [6.45, 7) is 8.60. The molecule has 5 rings (SSSR count). The fourth-order valence-electron chi connectivity index (χ4n) is 5.91. The van der Waals surface area contributed by atoms with Crippen molar-refractivity contribution in [3.8, 4) is 0 Å². The van der Waals surface area contributed by atoms with Crippen LogP contribution in [0.3, 0.4) is 0 Å². The predicted octanol–water partition coefficient (Wildman–Crippen LogP) is 5.96. The maximum atomic E-state index is 3.96. The highest BCUT2D eigenvalue weighted by Crippen LogP contribution is 2.61. The van der Waals surface area contributed by atoms with Crippen LogP contribution in [0.15, 0.2) is 11.4 Å². The normalized spacial score (nSPS) is 36.7. The van der Waals surface area contributed by atoms with Gasteiger partial charge in [-0.2, -0.15) is 0 Å². The minimum Gasteiger partial charge on any atom is -0.309 e. The van der Waals surface area contributed by atoms with Gasteiger partial charge in [0, 0.05) is 17.5 Å². The molecule has 0 spiro atoms. The summed E-state index contributed by atoms with van der Waals surface area (Å²) in [5.74, 6) is 3.60. The molecule has 2 bridgehead atoms. The average molecular weight is 332 g/mol. The molecule has 4 aliphatic rings. The molecule has 0 radical (unpaired) electrons. The summed E-state index contributed by atoms with van der Waals surface area (Å²) in [4.78, 5) is 1.63. The molecule has 4 saturated carbocycles. The fourth-order valence-corrected chi connectivity index (χ4v) is 6.83. The average Bonchev–Trinajstić information content (AvgIpc) is 3.02. The van der Waals surface area contributed by atoms with E-state index in [1.807, 2.05) is 11.3 Å². The Hall–Kier alpha value is -0.340. The minimum absolute atomic E-state index is 0.605. The number of fused-ring (bicyclic) bond motifs is 2. The van der Waals surface area contributed by atoms with E-state index >= 15 is 0 Å². The van der Waals surface area contributed by atoms with Crippen LogP contribution in [0, 0.1) is 23.2 Å². The molecule has 1 heterocycles. The highest BCUT2D eigenvalue weighted by molar-refractivity contribution is 7.10. The molecule has 0 amide bonds. The molecule has 0 aromatic carbocycles. The van der Waals surface area contributed by atoms with Crippen LogP contribution >= 0.6 is 11.3 Å². The smallest absolute Gasteiger partial charge is 0.0305 e. The van der Waals surface area contributed by atoms with Crippen molar-refractivity contribution in [2.45, 2.75) is 84.2 Å². The molecule has 0 aliphatic heterocycles. The van der Waals surface area contributed by atoms with Crippen LogP contribution in [0.5, 0.6) is 0 Å². The van der Waals surface area contributed by atoms with Gasteiger partial charge >= 0.3 is 0 Å². The number of nitrogens with one attached hydrogen (secondary N) is 1. The monoisotopic (exact) mass is 331 g/mol. The second-order valence-electron chi connectivity index (χ2n) is 9.08. The van der Waals surface area contributed by atoms with Gasteiger partial charge in [0.1, 0.15) is 0 Å². The zero-order chi connectivity index (χ0) is 16.0. The van der Waals surface area contributed by atoms with E-state index in [9.17, 15) is 0 Å². The van der Waals surface area contributed by atoms with Crippen LogP contribution in [-0.2, 0) is 6.54 Å². The largest absolute Gasteiger partial charge is 0.309 e. The van der Waals surface area contributed by atoms with Crippen molar-refractivity contribution in [1.29, 1.82) is 0 Å². The standard InChI is InChI=1S/C21H33NS/c1-14-18-11-16(21(18,2)3)12-19(14)22-13-20-17(9-10-23-20)15-7-5-4-6-8-15/h9-10,14-16,18-19,22H,4-8,11-13H2,1-3H3/t14-,16?,18-,19-/m1/s1. The molecule has 2 heteroatoms. The SMILES string of the molecule is C[C@@H]1[C@H]2CC(C[C@H]1NCc1sccc1C1CCCCC1)C2(C)C. The molecule has 4 atom stereocenters. The first-order valence-corrected chi connectivity index (χ1v) is 10.7. The number of hydrogen-bond donors (Lipinski definition) is 1. The summed E-state index contributed by atoms with van der Waals surface area (Å²) in [6, 6.07) is 3.16. The third-order valence-corrected chi connectivity index (χ3v) is 8.64. The second-order valence-corrected chi connectivity index (χ2v) is 10.1. The second kappa shape index (κ2) is 6.19. The van der Waals surface area contributed by atoms with Crippen LogP contribution in [0.25, 0.3) is 0 Å². The molecule has 1 unspecified atom stereocenters. The third-order valence-electron chi connectivity index (χ3n) is 7.70. The van der Waals surface area contributed by atoms with Crippen LogP contribution in [0.1, 0.15) is 82.1 Å². The zero-order valence-electron chi connectivity index (χ0n) is 15.1. The first-order chi connectivity index (χ1) is 11.1. The van der Waals surface area contributed by atoms with Crippen molar-refractivity contribution >= 4 is 11.3 Å². The Bertz CT molecular complexity index is 540. The molecule has 1 nitrogen and oxygen atoms in total. The van der Waals surface area contributed by atoms with Gasteiger partial charge in [0.25, 0.3) is 0 Å². The molecule has 4 aliphatic carbocycles.